The molecule has 1 amide bonds. The summed E-state index contributed by atoms with van der Waals surface area (Å²) in [5.41, 5.74) is -3.27. The van der Waals surface area contributed by atoms with Gasteiger partial charge in [0.2, 0.25) is 11.4 Å². The van der Waals surface area contributed by atoms with Crippen molar-refractivity contribution in [2.24, 2.45) is 0 Å². The van der Waals surface area contributed by atoms with E-state index in [9.17, 15) is 22.8 Å². The topological polar surface area (TPSA) is 75.6 Å². The van der Waals surface area contributed by atoms with Crippen LogP contribution in [0.25, 0.3) is 0 Å². The molecule has 0 heterocycles. The summed E-state index contributed by atoms with van der Waals surface area (Å²) in [4.78, 5) is 21.7. The Kier molecular flexibility index (Phi) is 5.40. The van der Waals surface area contributed by atoms with Crippen molar-refractivity contribution in [2.45, 2.75) is 31.5 Å². The van der Waals surface area contributed by atoms with Crippen LogP contribution in [0.1, 0.15) is 19.8 Å². The Morgan fingerprint density at radius 3 is 2.24 bits per heavy atom. The summed E-state index contributed by atoms with van der Waals surface area (Å²) in [5.74, 6) is -3.13. The molecule has 100 valence electrons. The maximum Gasteiger partial charge on any atom is 0.422 e. The van der Waals surface area contributed by atoms with E-state index in [1.165, 1.54) is 12.4 Å². The fourth-order valence-electron chi connectivity index (χ4n) is 0.964. The Balaban J connectivity index is 4.58. The highest BCUT2D eigenvalue weighted by Gasteiger charge is 2.58. The van der Waals surface area contributed by atoms with Crippen molar-refractivity contribution in [1.29, 1.82) is 0 Å². The van der Waals surface area contributed by atoms with Gasteiger partial charge in [-0.1, -0.05) is 0 Å². The van der Waals surface area contributed by atoms with Crippen molar-refractivity contribution in [3.8, 4) is 0 Å². The van der Waals surface area contributed by atoms with Gasteiger partial charge in [0.25, 0.3) is 0 Å². The first-order valence-electron chi connectivity index (χ1n) is 4.75. The third-order valence-electron chi connectivity index (χ3n) is 2.14. The average Bonchev–Trinajstić information content (AvgIpc) is 2.15. The standard InChI is InChI=1S/C9H14F3NO4/c1-8(7(15)16,9(10,11)12)13-6(14)4-3-5-17-2/h3-5H2,1-2H3,(H,13,14)(H,15,16). The zero-order valence-electron chi connectivity index (χ0n) is 9.43. The Morgan fingerprint density at radius 1 is 1.35 bits per heavy atom. The third-order valence-corrected chi connectivity index (χ3v) is 2.14. The molecule has 8 heteroatoms. The number of carbonyl (C=O) groups excluding carboxylic acids is 1. The number of amides is 1. The monoisotopic (exact) mass is 257 g/mol. The highest BCUT2D eigenvalue weighted by molar-refractivity contribution is 5.87. The molecule has 0 spiro atoms. The fraction of sp³-hybridized carbons (Fsp3) is 0.778. The van der Waals surface area contributed by atoms with Gasteiger partial charge in [0, 0.05) is 20.1 Å². The van der Waals surface area contributed by atoms with Crippen LogP contribution in [0.3, 0.4) is 0 Å². The predicted octanol–water partition coefficient (Wildman–Crippen LogP) is 0.935. The molecule has 1 atom stereocenters. The second kappa shape index (κ2) is 5.85. The average molecular weight is 257 g/mol. The summed E-state index contributed by atoms with van der Waals surface area (Å²) in [6.07, 6.45) is -5.07. The summed E-state index contributed by atoms with van der Waals surface area (Å²) in [5, 5.41) is 10.0. The van der Waals surface area contributed by atoms with Gasteiger partial charge in [-0.25, -0.2) is 4.79 Å². The fourth-order valence-corrected chi connectivity index (χ4v) is 0.964. The number of carbonyl (C=O) groups is 2. The molecule has 0 aromatic rings. The number of nitrogens with one attached hydrogen (secondary N) is 1. The first-order chi connectivity index (χ1) is 7.65. The normalized spacial score (nSPS) is 15.1. The van der Waals surface area contributed by atoms with Crippen molar-refractivity contribution >= 4 is 11.9 Å². The molecule has 2 N–H and O–H groups in total. The zero-order valence-corrected chi connectivity index (χ0v) is 9.43. The van der Waals surface area contributed by atoms with Gasteiger partial charge in [-0.3, -0.25) is 4.79 Å². The first kappa shape index (κ1) is 15.7. The Hall–Kier alpha value is -1.31. The summed E-state index contributed by atoms with van der Waals surface area (Å²) in [6, 6.07) is 0. The van der Waals surface area contributed by atoms with Crippen molar-refractivity contribution < 1.29 is 32.6 Å². The number of rotatable bonds is 6. The van der Waals surface area contributed by atoms with E-state index in [0.29, 0.717) is 6.92 Å². The van der Waals surface area contributed by atoms with E-state index in [2.05, 4.69) is 4.74 Å². The molecule has 0 aromatic heterocycles. The highest BCUT2D eigenvalue weighted by atomic mass is 19.4. The number of carboxylic acids is 1. The number of methoxy groups -OCH3 is 1. The summed E-state index contributed by atoms with van der Waals surface area (Å²) in [6.45, 7) is 0.618. The zero-order chi connectivity index (χ0) is 13.7. The number of hydrogen-bond acceptors (Lipinski definition) is 3. The molecule has 0 saturated carbocycles. The van der Waals surface area contributed by atoms with Crippen molar-refractivity contribution in [3.05, 3.63) is 0 Å². The van der Waals surface area contributed by atoms with Crippen LogP contribution in [0.2, 0.25) is 0 Å². The maximum absolute atomic E-state index is 12.5. The Labute approximate surface area is 95.9 Å². The van der Waals surface area contributed by atoms with E-state index in [-0.39, 0.29) is 19.4 Å². The van der Waals surface area contributed by atoms with Gasteiger partial charge >= 0.3 is 12.1 Å². The van der Waals surface area contributed by atoms with Gasteiger partial charge in [0.1, 0.15) is 0 Å². The largest absolute Gasteiger partial charge is 0.479 e. The van der Waals surface area contributed by atoms with Gasteiger partial charge in [-0.15, -0.1) is 0 Å². The summed E-state index contributed by atoms with van der Waals surface area (Å²) in [7, 11) is 1.38. The molecule has 0 aliphatic heterocycles. The second-order valence-electron chi connectivity index (χ2n) is 3.57. The smallest absolute Gasteiger partial charge is 0.422 e. The van der Waals surface area contributed by atoms with E-state index in [1.54, 1.807) is 0 Å². The quantitative estimate of drug-likeness (QED) is 0.694. The Bertz CT molecular complexity index is 292. The van der Waals surface area contributed by atoms with Crippen LogP contribution in [0.5, 0.6) is 0 Å². The number of hydrogen-bond donors (Lipinski definition) is 2. The number of halogens is 3. The minimum absolute atomic E-state index is 0.212. The molecule has 0 saturated heterocycles. The van der Waals surface area contributed by atoms with E-state index in [0.717, 1.165) is 0 Å². The lowest BCUT2D eigenvalue weighted by Gasteiger charge is -2.28. The van der Waals surface area contributed by atoms with Crippen LogP contribution < -0.4 is 5.32 Å². The van der Waals surface area contributed by atoms with Crippen LogP contribution in [-0.2, 0) is 14.3 Å². The molecule has 0 bridgehead atoms. The van der Waals surface area contributed by atoms with E-state index >= 15 is 0 Å². The minimum atomic E-state index is -5.06. The number of aliphatic carboxylic acids is 1. The molecule has 17 heavy (non-hydrogen) atoms. The molecular weight excluding hydrogens is 243 g/mol. The number of ether oxygens (including phenoxy) is 1. The molecule has 0 radical (unpaired) electrons. The molecule has 0 aromatic carbocycles. The van der Waals surface area contributed by atoms with Gasteiger partial charge in [-0.05, 0) is 13.3 Å². The van der Waals surface area contributed by atoms with Gasteiger partial charge in [0.15, 0.2) is 0 Å². The molecule has 5 nitrogen and oxygen atoms in total. The highest BCUT2D eigenvalue weighted by Crippen LogP contribution is 2.30. The molecular formula is C9H14F3NO4. The van der Waals surface area contributed by atoms with Crippen LogP contribution in [0.15, 0.2) is 0 Å². The van der Waals surface area contributed by atoms with Crippen molar-refractivity contribution in [3.63, 3.8) is 0 Å². The molecule has 0 rings (SSSR count). The SMILES string of the molecule is COCCCC(=O)NC(C)(C(=O)O)C(F)(F)F. The second-order valence-corrected chi connectivity index (χ2v) is 3.57. The van der Waals surface area contributed by atoms with E-state index in [4.69, 9.17) is 5.11 Å². The summed E-state index contributed by atoms with van der Waals surface area (Å²) >= 11 is 0. The van der Waals surface area contributed by atoms with Crippen molar-refractivity contribution in [1.82, 2.24) is 5.32 Å². The molecule has 0 fully saturated rings. The van der Waals surface area contributed by atoms with Crippen LogP contribution in [-0.4, -0.2) is 42.4 Å². The van der Waals surface area contributed by atoms with Crippen LogP contribution >= 0.6 is 0 Å². The van der Waals surface area contributed by atoms with Gasteiger partial charge in [0.05, 0.1) is 0 Å². The van der Waals surface area contributed by atoms with Gasteiger partial charge in [-0.2, -0.15) is 13.2 Å². The molecule has 1 unspecified atom stereocenters. The van der Waals surface area contributed by atoms with Gasteiger partial charge < -0.3 is 15.2 Å². The maximum atomic E-state index is 12.5. The first-order valence-corrected chi connectivity index (χ1v) is 4.75. The van der Waals surface area contributed by atoms with Crippen LogP contribution in [0, 0.1) is 0 Å². The summed E-state index contributed by atoms with van der Waals surface area (Å²) < 4.78 is 42.1. The van der Waals surface area contributed by atoms with E-state index < -0.39 is 23.6 Å². The van der Waals surface area contributed by atoms with Crippen LogP contribution in [0.4, 0.5) is 13.2 Å². The molecule has 0 aliphatic rings. The van der Waals surface area contributed by atoms with E-state index in [1.807, 2.05) is 0 Å². The minimum Gasteiger partial charge on any atom is -0.479 e. The number of alkyl halides is 3. The lowest BCUT2D eigenvalue weighted by Crippen LogP contribution is -2.61. The predicted molar refractivity (Wildman–Crippen MR) is 51.3 cm³/mol. The lowest BCUT2D eigenvalue weighted by molar-refractivity contribution is -0.207. The van der Waals surface area contributed by atoms with Crippen molar-refractivity contribution in [2.75, 3.05) is 13.7 Å². The third kappa shape index (κ3) is 4.22. The number of carboxylic acid groups (broad SMARTS) is 1. The molecule has 0 aliphatic carbocycles. The Morgan fingerprint density at radius 2 is 1.88 bits per heavy atom. The lowest BCUT2D eigenvalue weighted by atomic mass is 10.0.